The Hall–Kier alpha value is -2.17. The number of nitrogens with zero attached hydrogens (tertiary/aromatic N) is 2. The lowest BCUT2D eigenvalue weighted by Crippen LogP contribution is -2.03. The van der Waals surface area contributed by atoms with Crippen molar-refractivity contribution in [2.75, 3.05) is 0 Å². The molecule has 1 aromatic heterocycles. The van der Waals surface area contributed by atoms with Gasteiger partial charge in [-0.05, 0) is 24.6 Å². The molecular formula is C13H10F2N2O. The first-order chi connectivity index (χ1) is 8.58. The molecule has 2 aromatic rings. The normalized spacial score (nSPS) is 10.4. The average molecular weight is 248 g/mol. The van der Waals surface area contributed by atoms with Crippen LogP contribution < -0.4 is 0 Å². The molecule has 3 nitrogen and oxygen atoms in total. The number of aromatic nitrogens is 2. The van der Waals surface area contributed by atoms with Crippen molar-refractivity contribution in [1.29, 1.82) is 0 Å². The van der Waals surface area contributed by atoms with Crippen molar-refractivity contribution < 1.29 is 13.6 Å². The third-order valence-electron chi connectivity index (χ3n) is 2.40. The molecule has 0 amide bonds. The Labute approximate surface area is 103 Å². The highest BCUT2D eigenvalue weighted by Crippen LogP contribution is 2.13. The maximum atomic E-state index is 13.5. The van der Waals surface area contributed by atoms with E-state index in [9.17, 15) is 13.6 Å². The first kappa shape index (κ1) is 12.3. The van der Waals surface area contributed by atoms with E-state index in [4.69, 9.17) is 0 Å². The van der Waals surface area contributed by atoms with E-state index in [2.05, 4.69) is 9.97 Å². The van der Waals surface area contributed by atoms with Crippen LogP contribution in [0.3, 0.4) is 0 Å². The van der Waals surface area contributed by atoms with E-state index in [1.54, 1.807) is 6.92 Å². The zero-order chi connectivity index (χ0) is 13.1. The number of aryl methyl sites for hydroxylation is 1. The average Bonchev–Trinajstić information content (AvgIpc) is 2.32. The van der Waals surface area contributed by atoms with Gasteiger partial charge in [0.1, 0.15) is 23.2 Å². The van der Waals surface area contributed by atoms with Gasteiger partial charge in [0.2, 0.25) is 0 Å². The van der Waals surface area contributed by atoms with Crippen molar-refractivity contribution in [2.45, 2.75) is 13.3 Å². The number of carbonyl (C=O) groups is 1. The molecule has 0 fully saturated rings. The lowest BCUT2D eigenvalue weighted by atomic mass is 10.1. The number of hydrogen-bond donors (Lipinski definition) is 0. The second-order valence-corrected chi connectivity index (χ2v) is 3.88. The van der Waals surface area contributed by atoms with Crippen LogP contribution in [0.25, 0.3) is 0 Å². The van der Waals surface area contributed by atoms with Crippen LogP contribution in [0.1, 0.15) is 27.6 Å². The van der Waals surface area contributed by atoms with Gasteiger partial charge in [-0.1, -0.05) is 6.07 Å². The van der Waals surface area contributed by atoms with Crippen LogP contribution in [0.5, 0.6) is 0 Å². The van der Waals surface area contributed by atoms with Crippen LogP contribution in [0, 0.1) is 18.6 Å². The minimum absolute atomic E-state index is 0.120. The van der Waals surface area contributed by atoms with E-state index < -0.39 is 11.6 Å². The van der Waals surface area contributed by atoms with Gasteiger partial charge in [0, 0.05) is 18.2 Å². The van der Waals surface area contributed by atoms with Crippen molar-refractivity contribution >= 4 is 6.29 Å². The predicted molar refractivity (Wildman–Crippen MR) is 61.3 cm³/mol. The third-order valence-corrected chi connectivity index (χ3v) is 2.40. The molecule has 1 aromatic carbocycles. The quantitative estimate of drug-likeness (QED) is 0.783. The van der Waals surface area contributed by atoms with E-state index in [0.29, 0.717) is 23.4 Å². The summed E-state index contributed by atoms with van der Waals surface area (Å²) in [6.45, 7) is 1.72. The van der Waals surface area contributed by atoms with Crippen LogP contribution in [-0.4, -0.2) is 16.3 Å². The number of benzene rings is 1. The molecular weight excluding hydrogens is 238 g/mol. The fourth-order valence-electron chi connectivity index (χ4n) is 1.63. The van der Waals surface area contributed by atoms with Crippen LogP contribution in [0.4, 0.5) is 8.78 Å². The molecule has 5 heteroatoms. The monoisotopic (exact) mass is 248 g/mol. The fourth-order valence-corrected chi connectivity index (χ4v) is 1.63. The summed E-state index contributed by atoms with van der Waals surface area (Å²) in [6, 6.07) is 4.87. The van der Waals surface area contributed by atoms with E-state index >= 15 is 0 Å². The van der Waals surface area contributed by atoms with Gasteiger partial charge in [-0.3, -0.25) is 4.79 Å². The van der Waals surface area contributed by atoms with E-state index in [1.807, 2.05) is 0 Å². The van der Waals surface area contributed by atoms with Crippen molar-refractivity contribution in [3.8, 4) is 0 Å². The summed E-state index contributed by atoms with van der Waals surface area (Å²) in [5.74, 6) is -0.939. The second kappa shape index (κ2) is 5.00. The smallest absolute Gasteiger partial charge is 0.168 e. The number of rotatable bonds is 3. The largest absolute Gasteiger partial charge is 0.296 e. The lowest BCUT2D eigenvalue weighted by molar-refractivity contribution is 0.111. The van der Waals surface area contributed by atoms with Gasteiger partial charge in [0.15, 0.2) is 6.29 Å². The Bertz CT molecular complexity index is 600. The summed E-state index contributed by atoms with van der Waals surface area (Å²) < 4.78 is 26.2. The summed E-state index contributed by atoms with van der Waals surface area (Å²) in [5, 5.41) is 0. The summed E-state index contributed by atoms with van der Waals surface area (Å²) in [6.07, 6.45) is 0.730. The molecule has 0 atom stereocenters. The van der Waals surface area contributed by atoms with E-state index in [-0.39, 0.29) is 12.1 Å². The molecule has 1 heterocycles. The SMILES string of the molecule is Cc1cc(C=O)nc(Cc2ccc(F)cc2F)n1. The predicted octanol–water partition coefficient (Wildman–Crippen LogP) is 2.47. The first-order valence-electron chi connectivity index (χ1n) is 5.32. The molecule has 0 aliphatic heterocycles. The Morgan fingerprint density at radius 3 is 2.67 bits per heavy atom. The van der Waals surface area contributed by atoms with Crippen molar-refractivity contribution in [2.24, 2.45) is 0 Å². The molecule has 0 saturated carbocycles. The highest BCUT2D eigenvalue weighted by atomic mass is 19.1. The number of aldehydes is 1. The summed E-state index contributed by atoms with van der Waals surface area (Å²) in [5.41, 5.74) is 1.17. The van der Waals surface area contributed by atoms with Gasteiger partial charge >= 0.3 is 0 Å². The number of halogens is 2. The molecule has 0 unspecified atom stereocenters. The first-order valence-corrected chi connectivity index (χ1v) is 5.32. The maximum absolute atomic E-state index is 13.5. The molecule has 0 spiro atoms. The van der Waals surface area contributed by atoms with Gasteiger partial charge in [-0.15, -0.1) is 0 Å². The summed E-state index contributed by atoms with van der Waals surface area (Å²) in [4.78, 5) is 18.7. The zero-order valence-electron chi connectivity index (χ0n) is 9.65. The molecule has 18 heavy (non-hydrogen) atoms. The lowest BCUT2D eigenvalue weighted by Gasteiger charge is -2.04. The third kappa shape index (κ3) is 2.74. The van der Waals surface area contributed by atoms with E-state index in [0.717, 1.165) is 6.07 Å². The van der Waals surface area contributed by atoms with Crippen molar-refractivity contribution in [3.05, 3.63) is 58.7 Å². The van der Waals surface area contributed by atoms with Gasteiger partial charge in [0.25, 0.3) is 0 Å². The summed E-state index contributed by atoms with van der Waals surface area (Å²) in [7, 11) is 0. The molecule has 0 bridgehead atoms. The molecule has 0 aliphatic rings. The van der Waals surface area contributed by atoms with Gasteiger partial charge in [-0.2, -0.15) is 0 Å². The number of hydrogen-bond acceptors (Lipinski definition) is 3. The van der Waals surface area contributed by atoms with E-state index in [1.165, 1.54) is 18.2 Å². The minimum Gasteiger partial charge on any atom is -0.296 e. The Balaban J connectivity index is 2.33. The van der Waals surface area contributed by atoms with Crippen LogP contribution in [0.2, 0.25) is 0 Å². The highest BCUT2D eigenvalue weighted by Gasteiger charge is 2.08. The maximum Gasteiger partial charge on any atom is 0.168 e. The molecule has 0 aliphatic carbocycles. The topological polar surface area (TPSA) is 42.9 Å². The molecule has 2 rings (SSSR count). The van der Waals surface area contributed by atoms with Gasteiger partial charge in [-0.25, -0.2) is 18.7 Å². The minimum atomic E-state index is -0.646. The molecule has 0 radical (unpaired) electrons. The van der Waals surface area contributed by atoms with Gasteiger partial charge < -0.3 is 0 Å². The fraction of sp³-hybridized carbons (Fsp3) is 0.154. The molecule has 0 N–H and O–H groups in total. The second-order valence-electron chi connectivity index (χ2n) is 3.88. The summed E-state index contributed by atoms with van der Waals surface area (Å²) >= 11 is 0. The van der Waals surface area contributed by atoms with Crippen LogP contribution in [-0.2, 0) is 6.42 Å². The zero-order valence-corrected chi connectivity index (χ0v) is 9.65. The Morgan fingerprint density at radius 2 is 2.00 bits per heavy atom. The molecule has 0 saturated heterocycles. The highest BCUT2D eigenvalue weighted by molar-refractivity contribution is 5.71. The van der Waals surface area contributed by atoms with Crippen molar-refractivity contribution in [1.82, 2.24) is 9.97 Å². The standard InChI is InChI=1S/C13H10F2N2O/c1-8-4-11(7-18)17-13(16-8)5-9-2-3-10(14)6-12(9)15/h2-4,6-7H,5H2,1H3. The van der Waals surface area contributed by atoms with Crippen LogP contribution >= 0.6 is 0 Å². The number of carbonyl (C=O) groups excluding carboxylic acids is 1. The Kier molecular flexibility index (Phi) is 3.41. The van der Waals surface area contributed by atoms with Crippen LogP contribution in [0.15, 0.2) is 24.3 Å². The van der Waals surface area contributed by atoms with Gasteiger partial charge in [0.05, 0.1) is 0 Å². The Morgan fingerprint density at radius 1 is 1.22 bits per heavy atom. The molecule has 92 valence electrons. The van der Waals surface area contributed by atoms with Crippen molar-refractivity contribution in [3.63, 3.8) is 0 Å².